The molecule has 1 fully saturated rings. The Bertz CT molecular complexity index is 306. The van der Waals surface area contributed by atoms with Gasteiger partial charge in [0.2, 0.25) is 0 Å². The highest BCUT2D eigenvalue weighted by atomic mass is 16.8. The zero-order valence-electron chi connectivity index (χ0n) is 10.8. The molecular weight excluding hydrogens is 238 g/mol. The van der Waals surface area contributed by atoms with Crippen molar-refractivity contribution in [2.24, 2.45) is 0 Å². The first kappa shape index (κ1) is 14.5. The summed E-state index contributed by atoms with van der Waals surface area (Å²) in [5, 5.41) is 0.497. The van der Waals surface area contributed by atoms with Gasteiger partial charge in [0.25, 0.3) is 11.8 Å². The molecule has 0 bridgehead atoms. The monoisotopic (exact) mass is 257 g/mol. The molecule has 0 unspecified atom stereocenters. The highest BCUT2D eigenvalue weighted by Crippen LogP contribution is 2.15. The SMILES string of the molecule is CCCC(CCC)OC(=O)ON1C(=O)CCC1=O. The van der Waals surface area contributed by atoms with Gasteiger partial charge in [-0.25, -0.2) is 4.79 Å². The topological polar surface area (TPSA) is 72.9 Å². The van der Waals surface area contributed by atoms with Crippen LogP contribution < -0.4 is 0 Å². The number of rotatable bonds is 6. The first-order valence-corrected chi connectivity index (χ1v) is 6.32. The van der Waals surface area contributed by atoms with Crippen LogP contribution in [0.3, 0.4) is 0 Å². The zero-order chi connectivity index (χ0) is 13.5. The van der Waals surface area contributed by atoms with Gasteiger partial charge in [-0.15, -0.1) is 0 Å². The predicted molar refractivity (Wildman–Crippen MR) is 62.3 cm³/mol. The van der Waals surface area contributed by atoms with Gasteiger partial charge >= 0.3 is 6.16 Å². The minimum absolute atomic E-state index is 0.0828. The second kappa shape index (κ2) is 6.98. The largest absolute Gasteiger partial charge is 0.534 e. The number of amides is 2. The Morgan fingerprint density at radius 3 is 2.11 bits per heavy atom. The van der Waals surface area contributed by atoms with E-state index in [0.717, 1.165) is 25.7 Å². The van der Waals surface area contributed by atoms with Crippen LogP contribution in [0.4, 0.5) is 4.79 Å². The van der Waals surface area contributed by atoms with Gasteiger partial charge in [0, 0.05) is 12.8 Å². The fourth-order valence-electron chi connectivity index (χ4n) is 1.80. The van der Waals surface area contributed by atoms with Gasteiger partial charge in [0.1, 0.15) is 6.10 Å². The number of ether oxygens (including phenoxy) is 1. The van der Waals surface area contributed by atoms with Gasteiger partial charge in [-0.2, -0.15) is 0 Å². The van der Waals surface area contributed by atoms with E-state index in [2.05, 4.69) is 4.84 Å². The molecule has 0 aromatic rings. The second-order valence-corrected chi connectivity index (χ2v) is 4.24. The molecule has 0 aliphatic carbocycles. The van der Waals surface area contributed by atoms with E-state index in [0.29, 0.717) is 5.06 Å². The molecule has 0 N–H and O–H groups in total. The number of imide groups is 1. The fourth-order valence-corrected chi connectivity index (χ4v) is 1.80. The molecule has 1 heterocycles. The Kier molecular flexibility index (Phi) is 5.61. The number of nitrogens with zero attached hydrogens (tertiary/aromatic N) is 1. The van der Waals surface area contributed by atoms with Gasteiger partial charge in [-0.1, -0.05) is 31.8 Å². The summed E-state index contributed by atoms with van der Waals surface area (Å²) in [4.78, 5) is 38.6. The molecule has 2 amide bonds. The number of hydroxylamine groups is 2. The molecule has 1 aliphatic heterocycles. The molecule has 1 aliphatic rings. The van der Waals surface area contributed by atoms with Crippen molar-refractivity contribution in [3.63, 3.8) is 0 Å². The zero-order valence-corrected chi connectivity index (χ0v) is 10.8. The fraction of sp³-hybridized carbons (Fsp3) is 0.750. The van der Waals surface area contributed by atoms with E-state index in [1.807, 2.05) is 13.8 Å². The van der Waals surface area contributed by atoms with Gasteiger partial charge < -0.3 is 4.74 Å². The number of hydrogen-bond donors (Lipinski definition) is 0. The second-order valence-electron chi connectivity index (χ2n) is 4.24. The minimum Gasteiger partial charge on any atom is -0.429 e. The lowest BCUT2D eigenvalue weighted by atomic mass is 10.1. The number of hydrogen-bond acceptors (Lipinski definition) is 5. The number of carbonyl (C=O) groups is 3. The molecule has 0 atom stereocenters. The van der Waals surface area contributed by atoms with Crippen molar-refractivity contribution in [1.82, 2.24) is 5.06 Å². The molecule has 0 radical (unpaired) electrons. The maximum absolute atomic E-state index is 11.5. The molecule has 1 rings (SSSR count). The van der Waals surface area contributed by atoms with Gasteiger partial charge in [0.05, 0.1) is 0 Å². The van der Waals surface area contributed by atoms with Crippen molar-refractivity contribution in [2.75, 3.05) is 0 Å². The van der Waals surface area contributed by atoms with Crippen LogP contribution in [0.25, 0.3) is 0 Å². The first-order chi connectivity index (χ1) is 8.58. The highest BCUT2D eigenvalue weighted by molar-refractivity contribution is 6.01. The van der Waals surface area contributed by atoms with Crippen molar-refractivity contribution in [1.29, 1.82) is 0 Å². The molecule has 0 saturated carbocycles. The molecule has 6 nitrogen and oxygen atoms in total. The van der Waals surface area contributed by atoms with E-state index in [-0.39, 0.29) is 18.9 Å². The first-order valence-electron chi connectivity index (χ1n) is 6.32. The molecule has 0 spiro atoms. The summed E-state index contributed by atoms with van der Waals surface area (Å²) in [5.41, 5.74) is 0. The van der Waals surface area contributed by atoms with Crippen molar-refractivity contribution < 1.29 is 24.0 Å². The average molecular weight is 257 g/mol. The summed E-state index contributed by atoms with van der Waals surface area (Å²) in [6.07, 6.45) is 2.22. The standard InChI is InChI=1S/C12H19NO5/c1-3-5-9(6-4-2)17-12(16)18-13-10(14)7-8-11(13)15/h9H,3-8H2,1-2H3. The van der Waals surface area contributed by atoms with E-state index < -0.39 is 18.0 Å². The van der Waals surface area contributed by atoms with Crippen molar-refractivity contribution in [3.05, 3.63) is 0 Å². The third-order valence-electron chi connectivity index (χ3n) is 2.66. The average Bonchev–Trinajstić information content (AvgIpc) is 2.61. The third-order valence-corrected chi connectivity index (χ3v) is 2.66. The van der Waals surface area contributed by atoms with Crippen LogP contribution in [0.15, 0.2) is 0 Å². The minimum atomic E-state index is -0.981. The molecule has 1 saturated heterocycles. The lowest BCUT2D eigenvalue weighted by Crippen LogP contribution is -2.33. The van der Waals surface area contributed by atoms with Crippen molar-refractivity contribution >= 4 is 18.0 Å². The Hall–Kier alpha value is -1.59. The molecule has 18 heavy (non-hydrogen) atoms. The van der Waals surface area contributed by atoms with Crippen molar-refractivity contribution in [3.8, 4) is 0 Å². The van der Waals surface area contributed by atoms with Crippen LogP contribution >= 0.6 is 0 Å². The summed E-state index contributed by atoms with van der Waals surface area (Å²) >= 11 is 0. The van der Waals surface area contributed by atoms with Gasteiger partial charge in [0.15, 0.2) is 0 Å². The van der Waals surface area contributed by atoms with Gasteiger partial charge in [-0.3, -0.25) is 14.4 Å². The van der Waals surface area contributed by atoms with E-state index in [4.69, 9.17) is 4.74 Å². The summed E-state index contributed by atoms with van der Waals surface area (Å²) in [7, 11) is 0. The Balaban J connectivity index is 2.44. The van der Waals surface area contributed by atoms with Crippen LogP contribution in [0.1, 0.15) is 52.4 Å². The summed E-state index contributed by atoms with van der Waals surface area (Å²) in [5.74, 6) is -1.00. The quantitative estimate of drug-likeness (QED) is 0.538. The Morgan fingerprint density at radius 2 is 1.67 bits per heavy atom. The lowest BCUT2D eigenvalue weighted by Gasteiger charge is -2.18. The van der Waals surface area contributed by atoms with Gasteiger partial charge in [-0.05, 0) is 12.8 Å². The molecule has 0 aromatic heterocycles. The van der Waals surface area contributed by atoms with E-state index in [1.54, 1.807) is 0 Å². The van der Waals surface area contributed by atoms with Crippen LogP contribution in [0, 0.1) is 0 Å². The number of carbonyl (C=O) groups excluding carboxylic acids is 3. The molecular formula is C12H19NO5. The van der Waals surface area contributed by atoms with Crippen molar-refractivity contribution in [2.45, 2.75) is 58.5 Å². The van der Waals surface area contributed by atoms with Crippen LogP contribution in [-0.2, 0) is 19.2 Å². The highest BCUT2D eigenvalue weighted by Gasteiger charge is 2.33. The summed E-state index contributed by atoms with van der Waals surface area (Å²) in [6, 6.07) is 0. The van der Waals surface area contributed by atoms with Crippen LogP contribution in [-0.4, -0.2) is 29.1 Å². The Labute approximate surface area is 106 Å². The lowest BCUT2D eigenvalue weighted by molar-refractivity contribution is -0.178. The van der Waals surface area contributed by atoms with E-state index in [9.17, 15) is 14.4 Å². The summed E-state index contributed by atoms with van der Waals surface area (Å²) in [6.45, 7) is 3.98. The third kappa shape index (κ3) is 4.01. The van der Waals surface area contributed by atoms with E-state index in [1.165, 1.54) is 0 Å². The van der Waals surface area contributed by atoms with Crippen LogP contribution in [0.5, 0.6) is 0 Å². The molecule has 0 aromatic carbocycles. The predicted octanol–water partition coefficient (Wildman–Crippen LogP) is 2.17. The van der Waals surface area contributed by atoms with E-state index >= 15 is 0 Å². The Morgan fingerprint density at radius 1 is 1.17 bits per heavy atom. The maximum Gasteiger partial charge on any atom is 0.534 e. The van der Waals surface area contributed by atoms with Crippen LogP contribution in [0.2, 0.25) is 0 Å². The summed E-state index contributed by atoms with van der Waals surface area (Å²) < 4.78 is 5.08. The maximum atomic E-state index is 11.5. The molecule has 6 heteroatoms. The smallest absolute Gasteiger partial charge is 0.429 e. The normalized spacial score (nSPS) is 15.4. The molecule has 102 valence electrons.